The van der Waals surface area contributed by atoms with Crippen LogP contribution in [0.25, 0.3) is 0 Å². The Hall–Kier alpha value is -1.73. The molecular weight excluding hydrogens is 356 g/mol. The molecule has 0 aromatic heterocycles. The molecule has 0 bridgehead atoms. The molecule has 2 aromatic rings. The maximum atomic E-state index is 12.4. The van der Waals surface area contributed by atoms with E-state index in [2.05, 4.69) is 20.7 Å². The van der Waals surface area contributed by atoms with Crippen LogP contribution in [0.3, 0.4) is 0 Å². The van der Waals surface area contributed by atoms with Gasteiger partial charge >= 0.3 is 0 Å². The van der Waals surface area contributed by atoms with Gasteiger partial charge in [-0.05, 0) is 48.9 Å². The minimum Gasteiger partial charge on any atom is -0.495 e. The fourth-order valence-electron chi connectivity index (χ4n) is 1.90. The van der Waals surface area contributed by atoms with Gasteiger partial charge in [-0.1, -0.05) is 15.9 Å². The van der Waals surface area contributed by atoms with Gasteiger partial charge in [-0.3, -0.25) is 4.72 Å². The summed E-state index contributed by atoms with van der Waals surface area (Å²) in [5.41, 5.74) is 7.23. The quantitative estimate of drug-likeness (QED) is 0.809. The zero-order chi connectivity index (χ0) is 15.6. The van der Waals surface area contributed by atoms with E-state index >= 15 is 0 Å². The third-order valence-corrected chi connectivity index (χ3v) is 4.63. The number of benzene rings is 2. The van der Waals surface area contributed by atoms with Gasteiger partial charge in [0.1, 0.15) is 5.75 Å². The number of aryl methyl sites for hydroxylation is 1. The van der Waals surface area contributed by atoms with E-state index in [1.165, 1.54) is 13.2 Å². The van der Waals surface area contributed by atoms with Gasteiger partial charge in [0.15, 0.2) is 0 Å². The molecule has 0 heterocycles. The lowest BCUT2D eigenvalue weighted by Crippen LogP contribution is -2.14. The molecule has 0 radical (unpaired) electrons. The van der Waals surface area contributed by atoms with Crippen molar-refractivity contribution in [1.29, 1.82) is 0 Å². The largest absolute Gasteiger partial charge is 0.495 e. The van der Waals surface area contributed by atoms with Gasteiger partial charge in [0.2, 0.25) is 0 Å². The number of nitrogen functional groups attached to an aromatic ring is 1. The van der Waals surface area contributed by atoms with E-state index < -0.39 is 10.0 Å². The first-order chi connectivity index (χ1) is 9.81. The molecule has 0 atom stereocenters. The molecule has 2 aromatic carbocycles. The molecule has 0 aliphatic rings. The summed E-state index contributed by atoms with van der Waals surface area (Å²) in [4.78, 5) is 0.113. The average molecular weight is 371 g/mol. The van der Waals surface area contributed by atoms with E-state index in [1.807, 2.05) is 0 Å². The highest BCUT2D eigenvalue weighted by Crippen LogP contribution is 2.30. The molecule has 21 heavy (non-hydrogen) atoms. The lowest BCUT2D eigenvalue weighted by atomic mass is 10.2. The number of hydrogen-bond donors (Lipinski definition) is 2. The Labute approximate surface area is 132 Å². The van der Waals surface area contributed by atoms with Crippen LogP contribution in [0.5, 0.6) is 5.75 Å². The maximum absolute atomic E-state index is 12.4. The molecule has 112 valence electrons. The van der Waals surface area contributed by atoms with Gasteiger partial charge < -0.3 is 10.5 Å². The fourth-order valence-corrected chi connectivity index (χ4v) is 3.46. The second-order valence-corrected chi connectivity index (χ2v) is 7.13. The number of ether oxygens (including phenoxy) is 1. The molecule has 0 saturated carbocycles. The van der Waals surface area contributed by atoms with E-state index in [4.69, 9.17) is 10.5 Å². The van der Waals surface area contributed by atoms with E-state index in [0.717, 1.165) is 10.0 Å². The zero-order valence-electron chi connectivity index (χ0n) is 11.6. The predicted molar refractivity (Wildman–Crippen MR) is 87.1 cm³/mol. The number of nitrogens with two attached hydrogens (primary N) is 1. The van der Waals surface area contributed by atoms with Crippen LogP contribution in [0.2, 0.25) is 0 Å². The monoisotopic (exact) mass is 370 g/mol. The summed E-state index contributed by atoms with van der Waals surface area (Å²) in [6, 6.07) is 9.75. The van der Waals surface area contributed by atoms with Gasteiger partial charge in [-0.25, -0.2) is 8.42 Å². The number of halogens is 1. The SMILES string of the molecule is COc1ccc(Br)cc1NS(=O)(=O)c1cc(C)cc(N)c1. The van der Waals surface area contributed by atoms with E-state index in [1.54, 1.807) is 37.3 Å². The van der Waals surface area contributed by atoms with Crippen LogP contribution in [0.15, 0.2) is 45.8 Å². The molecule has 0 fully saturated rings. The molecule has 5 nitrogen and oxygen atoms in total. The number of rotatable bonds is 4. The number of anilines is 2. The molecular formula is C14H15BrN2O3S. The fraction of sp³-hybridized carbons (Fsp3) is 0.143. The van der Waals surface area contributed by atoms with Crippen molar-refractivity contribution in [3.05, 3.63) is 46.4 Å². The van der Waals surface area contributed by atoms with Crippen molar-refractivity contribution in [2.75, 3.05) is 17.6 Å². The number of nitrogens with one attached hydrogen (secondary N) is 1. The highest BCUT2D eigenvalue weighted by molar-refractivity contribution is 9.10. The molecule has 0 aliphatic carbocycles. The van der Waals surface area contributed by atoms with Gasteiger partial charge in [-0.15, -0.1) is 0 Å². The van der Waals surface area contributed by atoms with Crippen LogP contribution in [0.1, 0.15) is 5.56 Å². The van der Waals surface area contributed by atoms with Crippen LogP contribution in [0, 0.1) is 6.92 Å². The first-order valence-corrected chi connectivity index (χ1v) is 8.33. The third-order valence-electron chi connectivity index (χ3n) is 2.79. The lowest BCUT2D eigenvalue weighted by Gasteiger charge is -2.13. The van der Waals surface area contributed by atoms with Crippen LogP contribution in [-0.4, -0.2) is 15.5 Å². The van der Waals surface area contributed by atoms with Crippen molar-refractivity contribution in [2.45, 2.75) is 11.8 Å². The summed E-state index contributed by atoms with van der Waals surface area (Å²) in [5, 5.41) is 0. The average Bonchev–Trinajstić information content (AvgIpc) is 2.37. The number of sulfonamides is 1. The first-order valence-electron chi connectivity index (χ1n) is 6.05. The standard InChI is InChI=1S/C14H15BrN2O3S/c1-9-5-11(16)8-12(6-9)21(18,19)17-13-7-10(15)3-4-14(13)20-2/h3-8,17H,16H2,1-2H3. The molecule has 0 amide bonds. The predicted octanol–water partition coefficient (Wildman–Crippen LogP) is 3.15. The second-order valence-electron chi connectivity index (χ2n) is 4.53. The van der Waals surface area contributed by atoms with E-state index in [0.29, 0.717) is 17.1 Å². The van der Waals surface area contributed by atoms with Gasteiger partial charge in [-0.2, -0.15) is 0 Å². The molecule has 0 aliphatic heterocycles. The highest BCUT2D eigenvalue weighted by atomic mass is 79.9. The summed E-state index contributed by atoms with van der Waals surface area (Å²) in [6.45, 7) is 1.79. The Bertz CT molecular complexity index is 756. The van der Waals surface area contributed by atoms with Crippen molar-refractivity contribution >= 4 is 37.3 Å². The minimum absolute atomic E-state index is 0.113. The Kier molecular flexibility index (Phi) is 4.43. The minimum atomic E-state index is -3.74. The van der Waals surface area contributed by atoms with Gasteiger partial charge in [0.25, 0.3) is 10.0 Å². The molecule has 7 heteroatoms. The molecule has 2 rings (SSSR count). The Morgan fingerprint density at radius 2 is 1.90 bits per heavy atom. The number of methoxy groups -OCH3 is 1. The maximum Gasteiger partial charge on any atom is 0.262 e. The summed E-state index contributed by atoms with van der Waals surface area (Å²) in [5.74, 6) is 0.433. The summed E-state index contributed by atoms with van der Waals surface area (Å²) < 4.78 is 33.3. The van der Waals surface area contributed by atoms with Crippen molar-refractivity contribution in [2.24, 2.45) is 0 Å². The molecule has 0 saturated heterocycles. The molecule has 0 spiro atoms. The van der Waals surface area contributed by atoms with Crippen molar-refractivity contribution in [1.82, 2.24) is 0 Å². The van der Waals surface area contributed by atoms with E-state index in [9.17, 15) is 8.42 Å². The Morgan fingerprint density at radius 1 is 1.19 bits per heavy atom. The Balaban J connectivity index is 2.44. The van der Waals surface area contributed by atoms with Gasteiger partial charge in [0.05, 0.1) is 17.7 Å². The van der Waals surface area contributed by atoms with E-state index in [-0.39, 0.29) is 4.90 Å². The van der Waals surface area contributed by atoms with Crippen LogP contribution in [-0.2, 0) is 10.0 Å². The van der Waals surface area contributed by atoms with Crippen molar-refractivity contribution in [3.8, 4) is 5.75 Å². The normalized spacial score (nSPS) is 11.2. The zero-order valence-corrected chi connectivity index (χ0v) is 14.0. The smallest absolute Gasteiger partial charge is 0.262 e. The van der Waals surface area contributed by atoms with Crippen LogP contribution in [0.4, 0.5) is 11.4 Å². The van der Waals surface area contributed by atoms with Crippen LogP contribution >= 0.6 is 15.9 Å². The Morgan fingerprint density at radius 3 is 2.52 bits per heavy atom. The topological polar surface area (TPSA) is 81.4 Å². The molecule has 0 unspecified atom stereocenters. The highest BCUT2D eigenvalue weighted by Gasteiger charge is 2.17. The molecule has 3 N–H and O–H groups in total. The third kappa shape index (κ3) is 3.68. The van der Waals surface area contributed by atoms with Gasteiger partial charge in [0, 0.05) is 10.2 Å². The van der Waals surface area contributed by atoms with Crippen LogP contribution < -0.4 is 15.2 Å². The van der Waals surface area contributed by atoms with Crippen molar-refractivity contribution in [3.63, 3.8) is 0 Å². The lowest BCUT2D eigenvalue weighted by molar-refractivity contribution is 0.417. The van der Waals surface area contributed by atoms with Crippen molar-refractivity contribution < 1.29 is 13.2 Å². The summed E-state index contributed by atoms with van der Waals surface area (Å²) >= 11 is 3.30. The summed E-state index contributed by atoms with van der Waals surface area (Å²) in [6.07, 6.45) is 0. The second kappa shape index (κ2) is 5.95. The number of hydrogen-bond acceptors (Lipinski definition) is 4. The first kappa shape index (κ1) is 15.7. The summed E-state index contributed by atoms with van der Waals surface area (Å²) in [7, 11) is -2.26.